The second kappa shape index (κ2) is 9.24. The van der Waals surface area contributed by atoms with Gasteiger partial charge in [0.2, 0.25) is 5.91 Å². The number of nitrogens with one attached hydrogen (secondary N) is 3. The van der Waals surface area contributed by atoms with Crippen LogP contribution < -0.4 is 16.0 Å². The molecule has 0 unspecified atom stereocenters. The third kappa shape index (κ3) is 6.30. The van der Waals surface area contributed by atoms with Crippen molar-refractivity contribution < 1.29 is 18.4 Å². The van der Waals surface area contributed by atoms with Gasteiger partial charge in [-0.1, -0.05) is 30.8 Å². The molecule has 1 rings (SSSR count). The number of rotatable bonds is 7. The smallest absolute Gasteiger partial charge is 0.319 e. The molecule has 0 saturated heterocycles. The second-order valence-electron chi connectivity index (χ2n) is 4.49. The number of anilines is 1. The van der Waals surface area contributed by atoms with E-state index in [4.69, 9.17) is 0 Å². The Morgan fingerprint density at radius 3 is 2.59 bits per heavy atom. The maximum absolute atomic E-state index is 12.5. The van der Waals surface area contributed by atoms with Gasteiger partial charge < -0.3 is 16.0 Å². The van der Waals surface area contributed by atoms with Gasteiger partial charge in [0, 0.05) is 11.4 Å². The first-order valence-corrected chi connectivity index (χ1v) is 7.71. The molecule has 1 atom stereocenters. The number of hydrogen-bond donors (Lipinski definition) is 3. The highest BCUT2D eigenvalue weighted by Gasteiger charge is 2.16. The van der Waals surface area contributed by atoms with E-state index >= 15 is 0 Å². The largest absolute Gasteiger partial charge is 0.354 e. The van der Waals surface area contributed by atoms with Crippen molar-refractivity contribution in [3.05, 3.63) is 24.3 Å². The van der Waals surface area contributed by atoms with E-state index in [0.29, 0.717) is 18.3 Å². The number of amides is 3. The molecule has 122 valence electrons. The average Bonchev–Trinajstić information content (AvgIpc) is 2.46. The minimum absolute atomic E-state index is 0.260. The number of benzene rings is 1. The van der Waals surface area contributed by atoms with Crippen LogP contribution in [0.5, 0.6) is 0 Å². The summed E-state index contributed by atoms with van der Waals surface area (Å²) in [7, 11) is 0. The summed E-state index contributed by atoms with van der Waals surface area (Å²) >= 11 is 0.348. The Balaban J connectivity index is 2.60. The van der Waals surface area contributed by atoms with E-state index < -0.39 is 17.8 Å². The topological polar surface area (TPSA) is 70.2 Å². The van der Waals surface area contributed by atoms with E-state index in [1.54, 1.807) is 19.1 Å². The first-order chi connectivity index (χ1) is 10.4. The van der Waals surface area contributed by atoms with Gasteiger partial charge in [-0.15, -0.1) is 0 Å². The Labute approximate surface area is 132 Å². The van der Waals surface area contributed by atoms with Crippen LogP contribution in [0.3, 0.4) is 0 Å². The molecule has 0 bridgehead atoms. The Hall–Kier alpha value is -1.83. The van der Waals surface area contributed by atoms with E-state index in [0.717, 1.165) is 6.42 Å². The maximum atomic E-state index is 12.5. The molecular weight excluding hydrogens is 312 g/mol. The number of para-hydroxylation sites is 1. The molecule has 0 aromatic heterocycles. The monoisotopic (exact) mass is 331 g/mol. The number of thioether (sulfide) groups is 1. The minimum atomic E-state index is -2.58. The van der Waals surface area contributed by atoms with Crippen molar-refractivity contribution in [2.45, 2.75) is 37.0 Å². The molecule has 0 aliphatic carbocycles. The van der Waals surface area contributed by atoms with Gasteiger partial charge in [0.15, 0.2) is 0 Å². The number of urea groups is 1. The average molecular weight is 331 g/mol. The van der Waals surface area contributed by atoms with E-state index in [1.165, 1.54) is 12.1 Å². The van der Waals surface area contributed by atoms with Crippen LogP contribution in [-0.2, 0) is 4.79 Å². The third-order valence-corrected chi connectivity index (χ3v) is 3.43. The number of halogens is 2. The highest BCUT2D eigenvalue weighted by molar-refractivity contribution is 7.99. The standard InChI is InChI=1S/C14H19F2N3O2S/c1-3-8-17-12(20)9(2)18-14(21)19-10-6-4-5-7-11(10)22-13(15)16/h4-7,9,13H,3,8H2,1-2H3,(H,17,20)(H2,18,19,21)/t9-/m1/s1. The van der Waals surface area contributed by atoms with Crippen molar-refractivity contribution in [3.8, 4) is 0 Å². The highest BCUT2D eigenvalue weighted by Crippen LogP contribution is 2.31. The zero-order valence-corrected chi connectivity index (χ0v) is 13.2. The third-order valence-electron chi connectivity index (χ3n) is 2.64. The highest BCUT2D eigenvalue weighted by atomic mass is 32.2. The molecule has 1 aromatic rings. The molecule has 0 aliphatic rings. The van der Waals surface area contributed by atoms with Gasteiger partial charge in [-0.3, -0.25) is 4.79 Å². The van der Waals surface area contributed by atoms with Crippen molar-refractivity contribution in [1.82, 2.24) is 10.6 Å². The lowest BCUT2D eigenvalue weighted by Gasteiger charge is -2.15. The Morgan fingerprint density at radius 2 is 1.95 bits per heavy atom. The van der Waals surface area contributed by atoms with Crippen molar-refractivity contribution in [3.63, 3.8) is 0 Å². The van der Waals surface area contributed by atoms with Crippen LogP contribution in [0.2, 0.25) is 0 Å². The first kappa shape index (κ1) is 18.2. The van der Waals surface area contributed by atoms with Gasteiger partial charge >= 0.3 is 6.03 Å². The summed E-state index contributed by atoms with van der Waals surface area (Å²) in [6.07, 6.45) is 0.795. The van der Waals surface area contributed by atoms with Crippen molar-refractivity contribution in [2.75, 3.05) is 11.9 Å². The van der Waals surface area contributed by atoms with Gasteiger partial charge in [0.05, 0.1) is 5.69 Å². The predicted octanol–water partition coefficient (Wildman–Crippen LogP) is 3.04. The summed E-state index contributed by atoms with van der Waals surface area (Å²) in [6, 6.07) is 4.90. The van der Waals surface area contributed by atoms with Crippen LogP contribution in [0, 0.1) is 0 Å². The lowest BCUT2D eigenvalue weighted by Crippen LogP contribution is -2.46. The van der Waals surface area contributed by atoms with Crippen LogP contribution >= 0.6 is 11.8 Å². The lowest BCUT2D eigenvalue weighted by atomic mass is 10.3. The zero-order valence-electron chi connectivity index (χ0n) is 12.4. The predicted molar refractivity (Wildman–Crippen MR) is 83.2 cm³/mol. The number of carbonyl (C=O) groups excluding carboxylic acids is 2. The Kier molecular flexibility index (Phi) is 7.65. The van der Waals surface area contributed by atoms with Gasteiger partial charge in [-0.2, -0.15) is 8.78 Å². The van der Waals surface area contributed by atoms with E-state index in [9.17, 15) is 18.4 Å². The first-order valence-electron chi connectivity index (χ1n) is 6.83. The number of carbonyl (C=O) groups is 2. The molecule has 0 fully saturated rings. The molecule has 8 heteroatoms. The molecule has 1 aromatic carbocycles. The van der Waals surface area contributed by atoms with Crippen LogP contribution in [0.25, 0.3) is 0 Å². The lowest BCUT2D eigenvalue weighted by molar-refractivity contribution is -0.122. The quantitative estimate of drug-likeness (QED) is 0.673. The molecule has 3 N–H and O–H groups in total. The van der Waals surface area contributed by atoms with Crippen LogP contribution in [0.15, 0.2) is 29.2 Å². The fourth-order valence-corrected chi connectivity index (χ4v) is 2.19. The fourth-order valence-electron chi connectivity index (χ4n) is 1.59. The van der Waals surface area contributed by atoms with Crippen LogP contribution in [-0.4, -0.2) is 30.3 Å². The minimum Gasteiger partial charge on any atom is -0.354 e. The maximum Gasteiger partial charge on any atom is 0.319 e. The van der Waals surface area contributed by atoms with E-state index in [-0.39, 0.29) is 16.5 Å². The van der Waals surface area contributed by atoms with Gasteiger partial charge in [0.25, 0.3) is 5.76 Å². The normalized spacial score (nSPS) is 11.9. The summed E-state index contributed by atoms with van der Waals surface area (Å²) in [4.78, 5) is 23.7. The molecule has 0 heterocycles. The SMILES string of the molecule is CCCNC(=O)[C@@H](C)NC(=O)Nc1ccccc1SC(F)F. The molecule has 22 heavy (non-hydrogen) atoms. The zero-order chi connectivity index (χ0) is 16.5. The Bertz CT molecular complexity index is 515. The molecule has 0 spiro atoms. The van der Waals surface area contributed by atoms with Crippen LogP contribution in [0.1, 0.15) is 20.3 Å². The summed E-state index contributed by atoms with van der Waals surface area (Å²) in [5, 5.41) is 7.59. The molecule has 0 aliphatic heterocycles. The van der Waals surface area contributed by atoms with E-state index in [1.807, 2.05) is 6.92 Å². The van der Waals surface area contributed by atoms with Crippen molar-refractivity contribution in [1.29, 1.82) is 0 Å². The van der Waals surface area contributed by atoms with Crippen LogP contribution in [0.4, 0.5) is 19.3 Å². The van der Waals surface area contributed by atoms with Gasteiger partial charge in [-0.25, -0.2) is 4.79 Å². The molecule has 0 radical (unpaired) electrons. The fraction of sp³-hybridized carbons (Fsp3) is 0.429. The number of alkyl halides is 2. The summed E-state index contributed by atoms with van der Waals surface area (Å²) in [5.41, 5.74) is 0.270. The van der Waals surface area contributed by atoms with Crippen molar-refractivity contribution in [2.24, 2.45) is 0 Å². The van der Waals surface area contributed by atoms with Gasteiger partial charge in [-0.05, 0) is 25.5 Å². The van der Waals surface area contributed by atoms with Crippen molar-refractivity contribution >= 4 is 29.4 Å². The molecule has 5 nitrogen and oxygen atoms in total. The summed E-state index contributed by atoms with van der Waals surface area (Å²) in [5.74, 6) is -2.88. The molecule has 0 saturated carbocycles. The number of hydrogen-bond acceptors (Lipinski definition) is 3. The second-order valence-corrected chi connectivity index (χ2v) is 5.52. The Morgan fingerprint density at radius 1 is 1.27 bits per heavy atom. The summed E-state index contributed by atoms with van der Waals surface area (Å²) < 4.78 is 24.9. The summed E-state index contributed by atoms with van der Waals surface area (Å²) in [6.45, 7) is 3.99. The molecule has 3 amide bonds. The molecular formula is C14H19F2N3O2S. The van der Waals surface area contributed by atoms with Gasteiger partial charge in [0.1, 0.15) is 6.04 Å². The van der Waals surface area contributed by atoms with E-state index in [2.05, 4.69) is 16.0 Å².